The molecule has 2 fully saturated rings. The second-order valence-electron chi connectivity index (χ2n) is 4.66. The van der Waals surface area contributed by atoms with Gasteiger partial charge in [-0.1, -0.05) is 12.1 Å². The van der Waals surface area contributed by atoms with Crippen molar-refractivity contribution in [2.45, 2.75) is 12.3 Å². The van der Waals surface area contributed by atoms with Crippen molar-refractivity contribution in [2.75, 3.05) is 13.1 Å². The predicted octanol–water partition coefficient (Wildman–Crippen LogP) is 1.88. The first kappa shape index (κ1) is 8.94. The topological polar surface area (TPSA) is 35.8 Å². The summed E-state index contributed by atoms with van der Waals surface area (Å²) in [5.41, 5.74) is 2.15. The van der Waals surface area contributed by atoms with Gasteiger partial charge in [0.1, 0.15) is 0 Å². The molecule has 15 heavy (non-hydrogen) atoms. The van der Waals surface area contributed by atoms with Crippen LogP contribution in [0.2, 0.25) is 0 Å². The fraction of sp³-hybridized carbons (Fsp3) is 0.462. The van der Waals surface area contributed by atoms with E-state index >= 15 is 0 Å². The van der Waals surface area contributed by atoms with Crippen molar-refractivity contribution < 1.29 is 0 Å². The van der Waals surface area contributed by atoms with E-state index in [0.717, 1.165) is 23.9 Å². The van der Waals surface area contributed by atoms with Gasteiger partial charge in [0.25, 0.3) is 0 Å². The smallest absolute Gasteiger partial charge is 0.0991 e. The molecule has 2 aliphatic rings. The highest BCUT2D eigenvalue weighted by molar-refractivity contribution is 5.36. The van der Waals surface area contributed by atoms with Gasteiger partial charge in [0.2, 0.25) is 0 Å². The molecule has 0 bridgehead atoms. The first-order valence-corrected chi connectivity index (χ1v) is 5.59. The molecule has 1 aromatic carbocycles. The first-order valence-electron chi connectivity index (χ1n) is 5.59. The fourth-order valence-electron chi connectivity index (χ4n) is 3.01. The molecule has 76 valence electrons. The lowest BCUT2D eigenvalue weighted by Gasteiger charge is -2.40. The van der Waals surface area contributed by atoms with Crippen molar-refractivity contribution in [3.63, 3.8) is 0 Å². The molecular formula is C13H14N2. The number of hydrogen-bond acceptors (Lipinski definition) is 2. The van der Waals surface area contributed by atoms with Gasteiger partial charge in [0.05, 0.1) is 11.6 Å². The van der Waals surface area contributed by atoms with Gasteiger partial charge in [-0.15, -0.1) is 0 Å². The summed E-state index contributed by atoms with van der Waals surface area (Å²) < 4.78 is 0. The van der Waals surface area contributed by atoms with Crippen LogP contribution < -0.4 is 5.32 Å². The van der Waals surface area contributed by atoms with E-state index < -0.39 is 0 Å². The molecule has 1 saturated carbocycles. The van der Waals surface area contributed by atoms with Gasteiger partial charge >= 0.3 is 0 Å². The van der Waals surface area contributed by atoms with E-state index in [0.29, 0.717) is 5.92 Å². The Hall–Kier alpha value is -1.33. The Morgan fingerprint density at radius 1 is 1.33 bits per heavy atom. The normalized spacial score (nSPS) is 32.9. The highest BCUT2D eigenvalue weighted by Gasteiger charge is 2.44. The molecule has 0 unspecified atom stereocenters. The Bertz CT molecular complexity index is 419. The molecule has 1 aliphatic heterocycles. The minimum atomic E-state index is 0.693. The summed E-state index contributed by atoms with van der Waals surface area (Å²) in [5.74, 6) is 2.40. The lowest BCUT2D eigenvalue weighted by Crippen LogP contribution is -2.33. The predicted molar refractivity (Wildman–Crippen MR) is 58.4 cm³/mol. The monoisotopic (exact) mass is 198 g/mol. The molecule has 1 heterocycles. The molecule has 1 aliphatic carbocycles. The second-order valence-corrected chi connectivity index (χ2v) is 4.66. The summed E-state index contributed by atoms with van der Waals surface area (Å²) >= 11 is 0. The molecule has 0 radical (unpaired) electrons. The lowest BCUT2D eigenvalue weighted by molar-refractivity contribution is 0.191. The summed E-state index contributed by atoms with van der Waals surface area (Å²) in [4.78, 5) is 0. The van der Waals surface area contributed by atoms with Gasteiger partial charge in [-0.25, -0.2) is 0 Å². The highest BCUT2D eigenvalue weighted by Crippen LogP contribution is 2.48. The average Bonchev–Trinajstić information content (AvgIpc) is 2.61. The number of nitrogens with zero attached hydrogens (tertiary/aromatic N) is 1. The molecule has 1 saturated heterocycles. The molecule has 0 amide bonds. The quantitative estimate of drug-likeness (QED) is 0.748. The van der Waals surface area contributed by atoms with Gasteiger partial charge < -0.3 is 5.32 Å². The fourth-order valence-corrected chi connectivity index (χ4v) is 3.01. The van der Waals surface area contributed by atoms with E-state index in [-0.39, 0.29) is 0 Å². The molecule has 1 aromatic rings. The summed E-state index contributed by atoms with van der Waals surface area (Å²) in [6.07, 6.45) is 1.30. The van der Waals surface area contributed by atoms with Crippen LogP contribution in [0.3, 0.4) is 0 Å². The standard InChI is InChI=1S/C13H14N2/c14-6-9-2-1-3-10(4-9)12-5-11-7-15-8-13(11)12/h1-4,11-13,15H,5,7-8H2/t11-,12-,13-/m0/s1. The van der Waals surface area contributed by atoms with Crippen LogP contribution in [-0.2, 0) is 0 Å². The first-order chi connectivity index (χ1) is 7.38. The van der Waals surface area contributed by atoms with Crippen molar-refractivity contribution >= 4 is 0 Å². The van der Waals surface area contributed by atoms with Gasteiger partial charge in [0.15, 0.2) is 0 Å². The van der Waals surface area contributed by atoms with Gasteiger partial charge in [-0.3, -0.25) is 0 Å². The SMILES string of the molecule is N#Cc1cccc([C@@H]2C[C@H]3CNC[C@@H]32)c1. The maximum Gasteiger partial charge on any atom is 0.0991 e. The Labute approximate surface area is 89.9 Å². The Kier molecular flexibility index (Phi) is 2.00. The summed E-state index contributed by atoms with van der Waals surface area (Å²) in [7, 11) is 0. The van der Waals surface area contributed by atoms with Crippen molar-refractivity contribution in [2.24, 2.45) is 11.8 Å². The largest absolute Gasteiger partial charge is 0.316 e. The van der Waals surface area contributed by atoms with E-state index in [2.05, 4.69) is 23.5 Å². The van der Waals surface area contributed by atoms with Crippen LogP contribution in [0.5, 0.6) is 0 Å². The third-order valence-corrected chi connectivity index (χ3v) is 3.91. The number of rotatable bonds is 1. The molecule has 0 spiro atoms. The number of nitrogens with one attached hydrogen (secondary N) is 1. The lowest BCUT2D eigenvalue weighted by atomic mass is 9.64. The van der Waals surface area contributed by atoms with E-state index in [1.807, 2.05) is 12.1 Å². The van der Waals surface area contributed by atoms with Crippen LogP contribution in [0, 0.1) is 23.2 Å². The second kappa shape index (κ2) is 3.36. The maximum atomic E-state index is 8.86. The van der Waals surface area contributed by atoms with Crippen molar-refractivity contribution in [3.8, 4) is 6.07 Å². The van der Waals surface area contributed by atoms with Gasteiger partial charge in [-0.05, 0) is 55.0 Å². The van der Waals surface area contributed by atoms with Gasteiger partial charge in [0, 0.05) is 0 Å². The Balaban J connectivity index is 1.85. The maximum absolute atomic E-state index is 8.86. The van der Waals surface area contributed by atoms with Crippen LogP contribution in [-0.4, -0.2) is 13.1 Å². The molecular weight excluding hydrogens is 184 g/mol. The zero-order valence-corrected chi connectivity index (χ0v) is 8.61. The van der Waals surface area contributed by atoms with Crippen molar-refractivity contribution in [1.29, 1.82) is 5.26 Å². The minimum absolute atomic E-state index is 0.693. The highest BCUT2D eigenvalue weighted by atomic mass is 14.9. The van der Waals surface area contributed by atoms with Crippen molar-refractivity contribution in [3.05, 3.63) is 35.4 Å². The van der Waals surface area contributed by atoms with E-state index in [4.69, 9.17) is 5.26 Å². The van der Waals surface area contributed by atoms with Crippen LogP contribution in [0.1, 0.15) is 23.5 Å². The number of fused-ring (bicyclic) bond motifs is 1. The van der Waals surface area contributed by atoms with Crippen LogP contribution >= 0.6 is 0 Å². The molecule has 0 aromatic heterocycles. The number of benzene rings is 1. The zero-order chi connectivity index (χ0) is 10.3. The van der Waals surface area contributed by atoms with Crippen LogP contribution in [0.15, 0.2) is 24.3 Å². The summed E-state index contributed by atoms with van der Waals surface area (Å²) in [6, 6.07) is 10.3. The van der Waals surface area contributed by atoms with Crippen molar-refractivity contribution in [1.82, 2.24) is 5.32 Å². The Morgan fingerprint density at radius 3 is 3.07 bits per heavy atom. The van der Waals surface area contributed by atoms with E-state index in [1.165, 1.54) is 18.5 Å². The third kappa shape index (κ3) is 1.35. The molecule has 3 rings (SSSR count). The molecule has 2 nitrogen and oxygen atoms in total. The zero-order valence-electron chi connectivity index (χ0n) is 8.61. The minimum Gasteiger partial charge on any atom is -0.316 e. The van der Waals surface area contributed by atoms with Gasteiger partial charge in [-0.2, -0.15) is 5.26 Å². The number of nitriles is 1. The van der Waals surface area contributed by atoms with E-state index in [1.54, 1.807) is 0 Å². The Morgan fingerprint density at radius 2 is 2.27 bits per heavy atom. The average molecular weight is 198 g/mol. The van der Waals surface area contributed by atoms with E-state index in [9.17, 15) is 0 Å². The molecule has 2 heteroatoms. The molecule has 3 atom stereocenters. The number of hydrogen-bond donors (Lipinski definition) is 1. The third-order valence-electron chi connectivity index (χ3n) is 3.91. The molecule has 1 N–H and O–H groups in total. The summed E-state index contributed by atoms with van der Waals surface area (Å²) in [5, 5.41) is 12.3. The summed E-state index contributed by atoms with van der Waals surface area (Å²) in [6.45, 7) is 2.35. The van der Waals surface area contributed by atoms with Crippen LogP contribution in [0.4, 0.5) is 0 Å². The van der Waals surface area contributed by atoms with Crippen LogP contribution in [0.25, 0.3) is 0 Å².